The van der Waals surface area contributed by atoms with Crippen LogP contribution in [0.5, 0.6) is 5.75 Å². The summed E-state index contributed by atoms with van der Waals surface area (Å²) < 4.78 is 5.62. The lowest BCUT2D eigenvalue weighted by molar-refractivity contribution is -0.130. The Morgan fingerprint density at radius 1 is 1.11 bits per heavy atom. The molecule has 2 aromatic rings. The number of carbonyl (C=O) groups is 2. The zero-order chi connectivity index (χ0) is 20.5. The summed E-state index contributed by atoms with van der Waals surface area (Å²) in [5.74, 6) is 0.328. The molecule has 0 saturated carbocycles. The van der Waals surface area contributed by atoms with Gasteiger partial charge in [0.2, 0.25) is 0 Å². The number of ether oxygens (including phenoxy) is 1. The number of carbonyl (C=O) groups excluding carboxylic acids is 2. The van der Waals surface area contributed by atoms with Gasteiger partial charge < -0.3 is 20.3 Å². The van der Waals surface area contributed by atoms with Crippen LogP contribution < -0.4 is 15.4 Å². The molecule has 0 saturated heterocycles. The molecule has 0 radical (unpaired) electrons. The second-order valence-corrected chi connectivity index (χ2v) is 7.10. The van der Waals surface area contributed by atoms with Crippen LogP contribution in [0.4, 0.5) is 10.5 Å². The van der Waals surface area contributed by atoms with E-state index in [0.717, 1.165) is 18.4 Å². The van der Waals surface area contributed by atoms with Gasteiger partial charge in [0, 0.05) is 20.1 Å². The van der Waals surface area contributed by atoms with Crippen molar-refractivity contribution in [2.75, 3.05) is 26.0 Å². The molecular weight excluding hydrogens is 354 g/mol. The smallest absolute Gasteiger partial charge is 0.319 e. The van der Waals surface area contributed by atoms with Crippen molar-refractivity contribution < 1.29 is 14.3 Å². The summed E-state index contributed by atoms with van der Waals surface area (Å²) in [5, 5.41) is 5.76. The fourth-order valence-corrected chi connectivity index (χ4v) is 2.60. The highest BCUT2D eigenvalue weighted by molar-refractivity contribution is 5.91. The van der Waals surface area contributed by atoms with Crippen molar-refractivity contribution in [3.05, 3.63) is 59.7 Å². The summed E-state index contributed by atoms with van der Waals surface area (Å²) in [4.78, 5) is 25.6. The van der Waals surface area contributed by atoms with E-state index in [1.165, 1.54) is 10.5 Å². The summed E-state index contributed by atoms with van der Waals surface area (Å²) in [5.41, 5.74) is 2.76. The molecule has 0 fully saturated rings. The van der Waals surface area contributed by atoms with Gasteiger partial charge in [-0.05, 0) is 49.9 Å². The summed E-state index contributed by atoms with van der Waals surface area (Å²) in [7, 11) is 3.34. The molecule has 1 atom stereocenters. The van der Waals surface area contributed by atoms with Gasteiger partial charge in [-0.2, -0.15) is 0 Å². The van der Waals surface area contributed by atoms with Crippen LogP contribution in [0.3, 0.4) is 0 Å². The molecule has 0 spiro atoms. The number of benzene rings is 2. The van der Waals surface area contributed by atoms with Crippen LogP contribution in [-0.4, -0.2) is 43.6 Å². The molecule has 0 aliphatic heterocycles. The Balaban J connectivity index is 1.90. The van der Waals surface area contributed by atoms with Crippen molar-refractivity contribution in [2.24, 2.45) is 0 Å². The molecule has 2 N–H and O–H groups in total. The minimum absolute atomic E-state index is 0.0188. The molecule has 2 aromatic carbocycles. The molecule has 6 nitrogen and oxygen atoms in total. The molecule has 0 aliphatic rings. The quantitative estimate of drug-likeness (QED) is 0.732. The first-order valence-electron chi connectivity index (χ1n) is 9.40. The normalized spacial score (nSPS) is 11.4. The summed E-state index contributed by atoms with van der Waals surface area (Å²) in [6, 6.07) is 15.4. The largest absolute Gasteiger partial charge is 0.482 e. The summed E-state index contributed by atoms with van der Waals surface area (Å²) in [6.07, 6.45) is 1.74. The van der Waals surface area contributed by atoms with Crippen molar-refractivity contribution in [1.82, 2.24) is 10.2 Å². The highest BCUT2D eigenvalue weighted by atomic mass is 16.5. The van der Waals surface area contributed by atoms with Gasteiger partial charge in [-0.3, -0.25) is 4.79 Å². The number of nitrogens with zero attached hydrogens (tertiary/aromatic N) is 1. The lowest BCUT2D eigenvalue weighted by Gasteiger charge is -2.17. The SMILES string of the molecule is Cc1ccc(NC(=O)NC(C)CCc2ccccc2)c(OCC(=O)N(C)C)c1. The van der Waals surface area contributed by atoms with Gasteiger partial charge >= 0.3 is 6.03 Å². The molecule has 1 unspecified atom stereocenters. The molecule has 0 bridgehead atoms. The number of hydrogen-bond acceptors (Lipinski definition) is 3. The molecule has 3 amide bonds. The maximum Gasteiger partial charge on any atom is 0.319 e. The fourth-order valence-electron chi connectivity index (χ4n) is 2.60. The van der Waals surface area contributed by atoms with E-state index in [2.05, 4.69) is 22.8 Å². The standard InChI is InChI=1S/C22H29N3O3/c1-16-10-13-19(20(14-16)28-15-21(26)25(3)4)24-22(27)23-17(2)11-12-18-8-6-5-7-9-18/h5-10,13-14,17H,11-12,15H2,1-4H3,(H2,23,24,27). The lowest BCUT2D eigenvalue weighted by Crippen LogP contribution is -2.36. The molecule has 0 heterocycles. The zero-order valence-corrected chi connectivity index (χ0v) is 17.0. The van der Waals surface area contributed by atoms with Gasteiger partial charge in [0.15, 0.2) is 6.61 Å². The lowest BCUT2D eigenvalue weighted by atomic mass is 10.1. The zero-order valence-electron chi connectivity index (χ0n) is 17.0. The Morgan fingerprint density at radius 2 is 1.82 bits per heavy atom. The second-order valence-electron chi connectivity index (χ2n) is 7.10. The second kappa shape index (κ2) is 10.3. The topological polar surface area (TPSA) is 70.7 Å². The summed E-state index contributed by atoms with van der Waals surface area (Å²) >= 11 is 0. The third kappa shape index (κ3) is 6.95. The highest BCUT2D eigenvalue weighted by Gasteiger charge is 2.13. The Labute approximate surface area is 166 Å². The van der Waals surface area contributed by atoms with Crippen molar-refractivity contribution in [3.63, 3.8) is 0 Å². The Hall–Kier alpha value is -3.02. The maximum absolute atomic E-state index is 12.4. The average molecular weight is 383 g/mol. The number of aryl methyl sites for hydroxylation is 2. The summed E-state index contributed by atoms with van der Waals surface area (Å²) in [6.45, 7) is 3.82. The minimum atomic E-state index is -0.298. The van der Waals surface area contributed by atoms with Crippen molar-refractivity contribution >= 4 is 17.6 Å². The minimum Gasteiger partial charge on any atom is -0.482 e. The van der Waals surface area contributed by atoms with Crippen molar-refractivity contribution in [3.8, 4) is 5.75 Å². The van der Waals surface area contributed by atoms with Gasteiger partial charge in [-0.15, -0.1) is 0 Å². The third-order valence-electron chi connectivity index (χ3n) is 4.32. The van der Waals surface area contributed by atoms with E-state index in [-0.39, 0.29) is 24.6 Å². The van der Waals surface area contributed by atoms with Crippen molar-refractivity contribution in [2.45, 2.75) is 32.7 Å². The van der Waals surface area contributed by atoms with Crippen LogP contribution in [0.15, 0.2) is 48.5 Å². The number of nitrogens with one attached hydrogen (secondary N) is 2. The van der Waals surface area contributed by atoms with E-state index in [1.54, 1.807) is 26.2 Å². The van der Waals surface area contributed by atoms with Gasteiger partial charge in [-0.25, -0.2) is 4.79 Å². The van der Waals surface area contributed by atoms with Gasteiger partial charge in [0.25, 0.3) is 5.91 Å². The number of likely N-dealkylation sites (N-methyl/N-ethyl adjacent to an activating group) is 1. The van der Waals surface area contributed by atoms with Crippen LogP contribution in [0.2, 0.25) is 0 Å². The van der Waals surface area contributed by atoms with Gasteiger partial charge in [0.1, 0.15) is 5.75 Å². The Kier molecular flexibility index (Phi) is 7.87. The molecule has 150 valence electrons. The predicted molar refractivity (Wildman–Crippen MR) is 112 cm³/mol. The Bertz CT molecular complexity index is 791. The first-order valence-corrected chi connectivity index (χ1v) is 9.40. The van der Waals surface area contributed by atoms with Crippen LogP contribution in [0.25, 0.3) is 0 Å². The third-order valence-corrected chi connectivity index (χ3v) is 4.32. The van der Waals surface area contributed by atoms with Crippen LogP contribution in [0, 0.1) is 6.92 Å². The molecule has 0 aliphatic carbocycles. The number of urea groups is 1. The molecule has 2 rings (SSSR count). The van der Waals surface area contributed by atoms with Gasteiger partial charge in [0.05, 0.1) is 5.69 Å². The van der Waals surface area contributed by atoms with Crippen LogP contribution in [0.1, 0.15) is 24.5 Å². The van der Waals surface area contributed by atoms with E-state index < -0.39 is 0 Å². The number of hydrogen-bond donors (Lipinski definition) is 2. The molecular formula is C22H29N3O3. The van der Waals surface area contributed by atoms with E-state index in [1.807, 2.05) is 38.1 Å². The molecule has 6 heteroatoms. The first-order chi connectivity index (χ1) is 13.3. The van der Waals surface area contributed by atoms with Crippen molar-refractivity contribution in [1.29, 1.82) is 0 Å². The van der Waals surface area contributed by atoms with Crippen LogP contribution in [-0.2, 0) is 11.2 Å². The van der Waals surface area contributed by atoms with E-state index >= 15 is 0 Å². The predicted octanol–water partition coefficient (Wildman–Crippen LogP) is 3.60. The number of amides is 3. The molecule has 28 heavy (non-hydrogen) atoms. The van der Waals surface area contributed by atoms with E-state index in [0.29, 0.717) is 11.4 Å². The Morgan fingerprint density at radius 3 is 2.50 bits per heavy atom. The van der Waals surface area contributed by atoms with Gasteiger partial charge in [-0.1, -0.05) is 36.4 Å². The fraction of sp³-hybridized carbons (Fsp3) is 0.364. The first kappa shape index (κ1) is 21.3. The van der Waals surface area contributed by atoms with E-state index in [9.17, 15) is 9.59 Å². The molecule has 0 aromatic heterocycles. The van der Waals surface area contributed by atoms with Crippen LogP contribution >= 0.6 is 0 Å². The number of rotatable bonds is 8. The maximum atomic E-state index is 12.4. The monoisotopic (exact) mass is 383 g/mol. The number of anilines is 1. The average Bonchev–Trinajstić information content (AvgIpc) is 2.67. The van der Waals surface area contributed by atoms with E-state index in [4.69, 9.17) is 4.74 Å². The highest BCUT2D eigenvalue weighted by Crippen LogP contribution is 2.25.